The number of ether oxygens (including phenoxy) is 2. The molecule has 11 heteroatoms. The lowest BCUT2D eigenvalue weighted by Gasteiger charge is -2.19. The topological polar surface area (TPSA) is 119 Å². The second kappa shape index (κ2) is 12.2. The minimum Gasteiger partial charge on any atom is -0.466 e. The predicted molar refractivity (Wildman–Crippen MR) is 106 cm³/mol. The highest BCUT2D eigenvalue weighted by Gasteiger charge is 2.26. The second-order valence-corrected chi connectivity index (χ2v) is 7.98. The van der Waals surface area contributed by atoms with Crippen molar-refractivity contribution in [2.45, 2.75) is 38.5 Å². The number of nitrogens with one attached hydrogen (secondary N) is 1. The van der Waals surface area contributed by atoms with Crippen molar-refractivity contribution >= 4 is 27.9 Å². The zero-order chi connectivity index (χ0) is 22.7. The van der Waals surface area contributed by atoms with Gasteiger partial charge < -0.3 is 14.8 Å². The van der Waals surface area contributed by atoms with Gasteiger partial charge in [-0.1, -0.05) is 13.8 Å². The van der Waals surface area contributed by atoms with Gasteiger partial charge in [-0.2, -0.15) is 4.31 Å². The van der Waals surface area contributed by atoms with E-state index in [9.17, 15) is 27.2 Å². The molecule has 9 nitrogen and oxygen atoms in total. The molecule has 30 heavy (non-hydrogen) atoms. The number of rotatable bonds is 12. The number of nitrogens with zero attached hydrogens (tertiary/aromatic N) is 1. The quantitative estimate of drug-likeness (QED) is 0.381. The Hall–Kier alpha value is -2.53. The lowest BCUT2D eigenvalue weighted by Crippen LogP contribution is -2.31. The Morgan fingerprint density at radius 2 is 1.77 bits per heavy atom. The maximum Gasteiger partial charge on any atom is 0.338 e. The first-order valence-corrected chi connectivity index (χ1v) is 11.0. The SMILES string of the molecule is CCOC(=O)CCCNC(=O)COC(=O)c1ccc(F)c(S(=O)(=O)N(CC)CC)c1. The van der Waals surface area contributed by atoms with Gasteiger partial charge in [0, 0.05) is 26.1 Å². The van der Waals surface area contributed by atoms with E-state index in [1.807, 2.05) is 0 Å². The van der Waals surface area contributed by atoms with Crippen LogP contribution >= 0.6 is 0 Å². The summed E-state index contributed by atoms with van der Waals surface area (Å²) in [6.45, 7) is 5.07. The Morgan fingerprint density at radius 3 is 2.37 bits per heavy atom. The Morgan fingerprint density at radius 1 is 1.10 bits per heavy atom. The molecule has 0 heterocycles. The van der Waals surface area contributed by atoms with E-state index in [0.717, 1.165) is 22.5 Å². The zero-order valence-electron chi connectivity index (χ0n) is 17.3. The van der Waals surface area contributed by atoms with Crippen LogP contribution in [-0.2, 0) is 29.1 Å². The van der Waals surface area contributed by atoms with Crippen molar-refractivity contribution in [3.8, 4) is 0 Å². The minimum atomic E-state index is -4.11. The van der Waals surface area contributed by atoms with E-state index in [-0.39, 0.29) is 44.2 Å². The molecular formula is C19H27FN2O7S. The first-order chi connectivity index (χ1) is 14.2. The summed E-state index contributed by atoms with van der Waals surface area (Å²) in [5, 5.41) is 2.48. The van der Waals surface area contributed by atoms with Crippen molar-refractivity contribution in [2.75, 3.05) is 32.8 Å². The molecule has 0 unspecified atom stereocenters. The number of hydrogen-bond acceptors (Lipinski definition) is 7. The molecular weight excluding hydrogens is 419 g/mol. The van der Waals surface area contributed by atoms with Gasteiger partial charge in [0.2, 0.25) is 10.0 Å². The summed E-state index contributed by atoms with van der Waals surface area (Å²) in [7, 11) is -4.11. The lowest BCUT2D eigenvalue weighted by atomic mass is 10.2. The van der Waals surface area contributed by atoms with Crippen LogP contribution in [0.4, 0.5) is 4.39 Å². The monoisotopic (exact) mass is 446 g/mol. The van der Waals surface area contributed by atoms with Gasteiger partial charge in [0.15, 0.2) is 6.61 Å². The van der Waals surface area contributed by atoms with E-state index >= 15 is 0 Å². The predicted octanol–water partition coefficient (Wildman–Crippen LogP) is 1.47. The second-order valence-electron chi connectivity index (χ2n) is 6.07. The van der Waals surface area contributed by atoms with Crippen LogP contribution in [0, 0.1) is 5.82 Å². The van der Waals surface area contributed by atoms with E-state index in [1.54, 1.807) is 20.8 Å². The van der Waals surface area contributed by atoms with Crippen molar-refractivity contribution in [2.24, 2.45) is 0 Å². The number of sulfonamides is 1. The lowest BCUT2D eigenvalue weighted by molar-refractivity contribution is -0.143. The molecule has 0 fully saturated rings. The third kappa shape index (κ3) is 7.38. The fourth-order valence-corrected chi connectivity index (χ4v) is 4.04. The average Bonchev–Trinajstić information content (AvgIpc) is 2.70. The normalized spacial score (nSPS) is 11.2. The zero-order valence-corrected chi connectivity index (χ0v) is 18.1. The van der Waals surface area contributed by atoms with Gasteiger partial charge in [-0.3, -0.25) is 9.59 Å². The molecule has 0 aromatic heterocycles. The number of esters is 2. The smallest absolute Gasteiger partial charge is 0.338 e. The number of amides is 1. The minimum absolute atomic E-state index is 0.142. The van der Waals surface area contributed by atoms with Gasteiger partial charge in [-0.05, 0) is 31.5 Å². The molecule has 0 radical (unpaired) electrons. The standard InChI is InChI=1S/C19H27FN2O7S/c1-4-22(5-2)30(26,27)16-12-14(9-10-15(16)20)19(25)29-13-17(23)21-11-7-8-18(24)28-6-3/h9-10,12H,4-8,11,13H2,1-3H3,(H,21,23). The van der Waals surface area contributed by atoms with Crippen LogP contribution < -0.4 is 5.32 Å². The molecule has 0 aliphatic heterocycles. The summed E-state index contributed by atoms with van der Waals surface area (Å²) < 4.78 is 49.8. The molecule has 0 saturated carbocycles. The molecule has 1 rings (SSSR count). The fourth-order valence-electron chi connectivity index (χ4n) is 2.49. The fraction of sp³-hybridized carbons (Fsp3) is 0.526. The summed E-state index contributed by atoms with van der Waals surface area (Å²) in [5.41, 5.74) is -0.197. The summed E-state index contributed by atoms with van der Waals surface area (Å²) in [4.78, 5) is 34.4. The molecule has 1 aromatic rings. The number of benzene rings is 1. The largest absolute Gasteiger partial charge is 0.466 e. The Kier molecular flexibility index (Phi) is 10.4. The summed E-state index contributed by atoms with van der Waals surface area (Å²) in [5.74, 6) is -2.92. The van der Waals surface area contributed by atoms with E-state index in [0.29, 0.717) is 6.42 Å². The molecule has 0 aliphatic carbocycles. The molecule has 0 saturated heterocycles. The molecule has 0 bridgehead atoms. The Bertz CT molecular complexity index is 854. The third-order valence-electron chi connectivity index (χ3n) is 4.01. The summed E-state index contributed by atoms with van der Waals surface area (Å²) in [6.07, 6.45) is 0.510. The summed E-state index contributed by atoms with van der Waals surface area (Å²) in [6, 6.07) is 2.83. The first kappa shape index (κ1) is 25.5. The van der Waals surface area contributed by atoms with Crippen LogP contribution in [0.15, 0.2) is 23.1 Å². The molecule has 0 atom stereocenters. The van der Waals surface area contributed by atoms with Crippen molar-refractivity contribution in [3.63, 3.8) is 0 Å². The summed E-state index contributed by atoms with van der Waals surface area (Å²) >= 11 is 0. The first-order valence-electron chi connectivity index (χ1n) is 9.56. The maximum absolute atomic E-state index is 14.1. The van der Waals surface area contributed by atoms with Crippen LogP contribution in [0.2, 0.25) is 0 Å². The molecule has 1 N–H and O–H groups in total. The van der Waals surface area contributed by atoms with E-state index < -0.39 is 39.2 Å². The van der Waals surface area contributed by atoms with Gasteiger partial charge in [0.25, 0.3) is 5.91 Å². The Labute approximate surface area is 175 Å². The highest BCUT2D eigenvalue weighted by atomic mass is 32.2. The van der Waals surface area contributed by atoms with Crippen LogP contribution in [0.25, 0.3) is 0 Å². The van der Waals surface area contributed by atoms with Gasteiger partial charge in [-0.25, -0.2) is 17.6 Å². The molecule has 1 amide bonds. The van der Waals surface area contributed by atoms with Crippen LogP contribution in [0.3, 0.4) is 0 Å². The molecule has 1 aromatic carbocycles. The maximum atomic E-state index is 14.1. The number of hydrogen-bond donors (Lipinski definition) is 1. The van der Waals surface area contributed by atoms with Crippen LogP contribution in [0.5, 0.6) is 0 Å². The van der Waals surface area contributed by atoms with Crippen LogP contribution in [0.1, 0.15) is 44.0 Å². The molecule has 0 spiro atoms. The van der Waals surface area contributed by atoms with Gasteiger partial charge in [0.1, 0.15) is 10.7 Å². The average molecular weight is 446 g/mol. The van der Waals surface area contributed by atoms with Gasteiger partial charge in [-0.15, -0.1) is 0 Å². The van der Waals surface area contributed by atoms with Crippen molar-refractivity contribution in [1.82, 2.24) is 9.62 Å². The Balaban J connectivity index is 2.66. The number of carbonyl (C=O) groups is 3. The molecule has 168 valence electrons. The van der Waals surface area contributed by atoms with Crippen molar-refractivity contribution < 1.29 is 36.7 Å². The van der Waals surface area contributed by atoms with Gasteiger partial charge in [0.05, 0.1) is 12.2 Å². The van der Waals surface area contributed by atoms with E-state index in [2.05, 4.69) is 5.32 Å². The highest BCUT2D eigenvalue weighted by Crippen LogP contribution is 2.21. The van der Waals surface area contributed by atoms with Gasteiger partial charge >= 0.3 is 11.9 Å². The number of halogens is 1. The van der Waals surface area contributed by atoms with E-state index in [1.165, 1.54) is 0 Å². The van der Waals surface area contributed by atoms with Crippen molar-refractivity contribution in [3.05, 3.63) is 29.6 Å². The van der Waals surface area contributed by atoms with Crippen LogP contribution in [-0.4, -0.2) is 63.4 Å². The van der Waals surface area contributed by atoms with E-state index in [4.69, 9.17) is 9.47 Å². The highest BCUT2D eigenvalue weighted by molar-refractivity contribution is 7.89. The number of carbonyl (C=O) groups excluding carboxylic acids is 3. The molecule has 0 aliphatic rings. The third-order valence-corrected chi connectivity index (χ3v) is 6.07. The van der Waals surface area contributed by atoms with Crippen molar-refractivity contribution in [1.29, 1.82) is 0 Å².